The van der Waals surface area contributed by atoms with E-state index in [0.29, 0.717) is 0 Å². The SMILES string of the molecule is Cc1ccc(N2CCOCC2)cc1N. The lowest BCUT2D eigenvalue weighted by molar-refractivity contribution is 0.122. The summed E-state index contributed by atoms with van der Waals surface area (Å²) in [6.07, 6.45) is 0. The minimum Gasteiger partial charge on any atom is -0.398 e. The van der Waals surface area contributed by atoms with Crippen molar-refractivity contribution in [3.63, 3.8) is 0 Å². The van der Waals surface area contributed by atoms with Crippen LogP contribution in [0.1, 0.15) is 5.56 Å². The molecule has 76 valence electrons. The molecular formula is C11H16N2O. The maximum absolute atomic E-state index is 5.87. The van der Waals surface area contributed by atoms with Crippen molar-refractivity contribution in [3.8, 4) is 0 Å². The third kappa shape index (κ3) is 1.82. The summed E-state index contributed by atoms with van der Waals surface area (Å²) in [4.78, 5) is 2.30. The molecule has 0 amide bonds. The molecule has 2 N–H and O–H groups in total. The van der Waals surface area contributed by atoms with Crippen molar-refractivity contribution in [2.45, 2.75) is 6.92 Å². The molecule has 0 aliphatic carbocycles. The first-order valence-electron chi connectivity index (χ1n) is 4.96. The highest BCUT2D eigenvalue weighted by Gasteiger charge is 2.11. The van der Waals surface area contributed by atoms with Gasteiger partial charge < -0.3 is 15.4 Å². The molecule has 0 spiro atoms. The number of nitrogen functional groups attached to an aromatic ring is 1. The van der Waals surface area contributed by atoms with Crippen LogP contribution >= 0.6 is 0 Å². The van der Waals surface area contributed by atoms with E-state index in [-0.39, 0.29) is 0 Å². The molecule has 0 atom stereocenters. The second-order valence-electron chi connectivity index (χ2n) is 3.64. The lowest BCUT2D eigenvalue weighted by Gasteiger charge is -2.29. The van der Waals surface area contributed by atoms with Crippen molar-refractivity contribution in [2.75, 3.05) is 36.9 Å². The quantitative estimate of drug-likeness (QED) is 0.684. The van der Waals surface area contributed by atoms with Gasteiger partial charge in [0.25, 0.3) is 0 Å². The standard InChI is InChI=1S/C11H16N2O/c1-9-2-3-10(8-11(9)12)13-4-6-14-7-5-13/h2-3,8H,4-7,12H2,1H3. The van der Waals surface area contributed by atoms with Gasteiger partial charge in [-0.05, 0) is 24.6 Å². The van der Waals surface area contributed by atoms with Crippen LogP contribution in [-0.4, -0.2) is 26.3 Å². The Hall–Kier alpha value is -1.22. The van der Waals surface area contributed by atoms with E-state index in [1.165, 1.54) is 5.69 Å². The summed E-state index contributed by atoms with van der Waals surface area (Å²) in [5, 5.41) is 0. The van der Waals surface area contributed by atoms with E-state index >= 15 is 0 Å². The Morgan fingerprint density at radius 1 is 1.29 bits per heavy atom. The van der Waals surface area contributed by atoms with Gasteiger partial charge in [0.05, 0.1) is 13.2 Å². The van der Waals surface area contributed by atoms with Gasteiger partial charge in [-0.2, -0.15) is 0 Å². The molecule has 0 saturated carbocycles. The van der Waals surface area contributed by atoms with Gasteiger partial charge in [-0.3, -0.25) is 0 Å². The number of hydrogen-bond acceptors (Lipinski definition) is 3. The average Bonchev–Trinajstić information content (AvgIpc) is 2.23. The molecule has 2 rings (SSSR count). The Balaban J connectivity index is 2.18. The lowest BCUT2D eigenvalue weighted by atomic mass is 10.1. The summed E-state index contributed by atoms with van der Waals surface area (Å²) in [7, 11) is 0. The molecule has 3 heteroatoms. The summed E-state index contributed by atoms with van der Waals surface area (Å²) >= 11 is 0. The maximum atomic E-state index is 5.87. The first-order chi connectivity index (χ1) is 6.77. The van der Waals surface area contributed by atoms with Gasteiger partial charge in [-0.25, -0.2) is 0 Å². The topological polar surface area (TPSA) is 38.5 Å². The van der Waals surface area contributed by atoms with E-state index in [0.717, 1.165) is 37.6 Å². The Kier molecular flexibility index (Phi) is 2.59. The molecule has 1 aliphatic rings. The minimum atomic E-state index is 0.813. The second-order valence-corrected chi connectivity index (χ2v) is 3.64. The summed E-state index contributed by atoms with van der Waals surface area (Å²) in [6.45, 7) is 5.57. The molecule has 14 heavy (non-hydrogen) atoms. The molecule has 1 heterocycles. The molecular weight excluding hydrogens is 176 g/mol. The highest BCUT2D eigenvalue weighted by molar-refractivity contribution is 5.59. The third-order valence-corrected chi connectivity index (χ3v) is 2.64. The predicted molar refractivity (Wildman–Crippen MR) is 58.6 cm³/mol. The molecule has 0 aromatic heterocycles. The molecule has 3 nitrogen and oxygen atoms in total. The van der Waals surface area contributed by atoms with Crippen LogP contribution in [0.3, 0.4) is 0 Å². The Bertz CT molecular complexity index is 319. The molecule has 1 aliphatic heterocycles. The van der Waals surface area contributed by atoms with Crippen molar-refractivity contribution >= 4 is 11.4 Å². The van der Waals surface area contributed by atoms with E-state index in [1.807, 2.05) is 13.0 Å². The van der Waals surface area contributed by atoms with E-state index in [9.17, 15) is 0 Å². The number of rotatable bonds is 1. The van der Waals surface area contributed by atoms with E-state index in [1.54, 1.807) is 0 Å². The number of nitrogens with two attached hydrogens (primary N) is 1. The Labute approximate surface area is 84.5 Å². The number of ether oxygens (including phenoxy) is 1. The summed E-state index contributed by atoms with van der Waals surface area (Å²) < 4.78 is 5.30. The fourth-order valence-corrected chi connectivity index (χ4v) is 1.65. The third-order valence-electron chi connectivity index (χ3n) is 2.64. The molecule has 0 unspecified atom stereocenters. The molecule has 0 radical (unpaired) electrons. The van der Waals surface area contributed by atoms with Crippen LogP contribution in [-0.2, 0) is 4.74 Å². The van der Waals surface area contributed by atoms with Crippen LogP contribution < -0.4 is 10.6 Å². The van der Waals surface area contributed by atoms with Gasteiger partial charge in [0.1, 0.15) is 0 Å². The van der Waals surface area contributed by atoms with E-state index < -0.39 is 0 Å². The van der Waals surface area contributed by atoms with Crippen molar-refractivity contribution < 1.29 is 4.74 Å². The summed E-state index contributed by atoms with van der Waals surface area (Å²) in [5.74, 6) is 0. The summed E-state index contributed by atoms with van der Waals surface area (Å²) in [6, 6.07) is 6.23. The highest BCUT2D eigenvalue weighted by Crippen LogP contribution is 2.21. The number of benzene rings is 1. The van der Waals surface area contributed by atoms with Crippen molar-refractivity contribution in [1.29, 1.82) is 0 Å². The van der Waals surface area contributed by atoms with Crippen LogP contribution in [0.5, 0.6) is 0 Å². The molecule has 1 aromatic carbocycles. The number of morpholine rings is 1. The van der Waals surface area contributed by atoms with Gasteiger partial charge in [-0.15, -0.1) is 0 Å². The van der Waals surface area contributed by atoms with E-state index in [2.05, 4.69) is 17.0 Å². The van der Waals surface area contributed by atoms with Gasteiger partial charge in [0, 0.05) is 24.5 Å². The molecule has 1 fully saturated rings. The normalized spacial score (nSPS) is 17.1. The zero-order valence-corrected chi connectivity index (χ0v) is 8.49. The first-order valence-corrected chi connectivity index (χ1v) is 4.96. The molecule has 1 aromatic rings. The lowest BCUT2D eigenvalue weighted by Crippen LogP contribution is -2.36. The fourth-order valence-electron chi connectivity index (χ4n) is 1.65. The van der Waals surface area contributed by atoms with Crippen LogP contribution in [0.2, 0.25) is 0 Å². The second kappa shape index (κ2) is 3.88. The van der Waals surface area contributed by atoms with Crippen molar-refractivity contribution in [1.82, 2.24) is 0 Å². The fraction of sp³-hybridized carbons (Fsp3) is 0.455. The number of aryl methyl sites for hydroxylation is 1. The van der Waals surface area contributed by atoms with Gasteiger partial charge in [-0.1, -0.05) is 6.07 Å². The van der Waals surface area contributed by atoms with Crippen molar-refractivity contribution in [3.05, 3.63) is 23.8 Å². The van der Waals surface area contributed by atoms with Crippen LogP contribution in [0.4, 0.5) is 11.4 Å². The Morgan fingerprint density at radius 3 is 2.64 bits per heavy atom. The Morgan fingerprint density at radius 2 is 2.00 bits per heavy atom. The average molecular weight is 192 g/mol. The largest absolute Gasteiger partial charge is 0.398 e. The first kappa shape index (κ1) is 9.34. The smallest absolute Gasteiger partial charge is 0.0642 e. The molecule has 0 bridgehead atoms. The van der Waals surface area contributed by atoms with Crippen molar-refractivity contribution in [2.24, 2.45) is 0 Å². The maximum Gasteiger partial charge on any atom is 0.0642 e. The van der Waals surface area contributed by atoms with Crippen LogP contribution in [0.15, 0.2) is 18.2 Å². The number of anilines is 2. The summed E-state index contributed by atoms with van der Waals surface area (Å²) in [5.41, 5.74) is 9.08. The predicted octanol–water partition coefficient (Wildman–Crippen LogP) is 1.41. The van der Waals surface area contributed by atoms with Crippen LogP contribution in [0.25, 0.3) is 0 Å². The zero-order valence-electron chi connectivity index (χ0n) is 8.49. The van der Waals surface area contributed by atoms with Gasteiger partial charge >= 0.3 is 0 Å². The minimum absolute atomic E-state index is 0.813. The number of hydrogen-bond donors (Lipinski definition) is 1. The van der Waals surface area contributed by atoms with E-state index in [4.69, 9.17) is 10.5 Å². The number of nitrogens with zero attached hydrogens (tertiary/aromatic N) is 1. The van der Waals surface area contributed by atoms with Gasteiger partial charge in [0.2, 0.25) is 0 Å². The van der Waals surface area contributed by atoms with Crippen LogP contribution in [0, 0.1) is 6.92 Å². The monoisotopic (exact) mass is 192 g/mol. The van der Waals surface area contributed by atoms with Gasteiger partial charge in [0.15, 0.2) is 0 Å². The zero-order chi connectivity index (χ0) is 9.97. The highest BCUT2D eigenvalue weighted by atomic mass is 16.5. The molecule has 1 saturated heterocycles.